The predicted octanol–water partition coefficient (Wildman–Crippen LogP) is 2.51. The van der Waals surface area contributed by atoms with Crippen LogP contribution in [0, 0.1) is 13.8 Å². The van der Waals surface area contributed by atoms with Gasteiger partial charge in [-0.2, -0.15) is 0 Å². The molecule has 0 aromatic heterocycles. The molecule has 0 bridgehead atoms. The van der Waals surface area contributed by atoms with Crippen LogP contribution in [0.25, 0.3) is 0 Å². The van der Waals surface area contributed by atoms with Crippen molar-refractivity contribution in [2.24, 2.45) is 0 Å². The Morgan fingerprint density at radius 1 is 1.19 bits per heavy atom. The van der Waals surface area contributed by atoms with E-state index in [9.17, 15) is 19.5 Å². The van der Waals surface area contributed by atoms with Crippen LogP contribution in [0.5, 0.6) is 28.7 Å². The Labute approximate surface area is 154 Å². The minimum atomic E-state index is -0.774. The van der Waals surface area contributed by atoms with E-state index in [2.05, 4.69) is 5.32 Å². The molecule has 1 aliphatic rings. The van der Waals surface area contributed by atoms with Gasteiger partial charge >= 0.3 is 5.97 Å². The van der Waals surface area contributed by atoms with Crippen molar-refractivity contribution in [1.29, 1.82) is 0 Å². The molecule has 0 fully saturated rings. The molecule has 3 rings (SSSR count). The predicted molar refractivity (Wildman–Crippen MR) is 94.4 cm³/mol. The molecule has 0 saturated carbocycles. The summed E-state index contributed by atoms with van der Waals surface area (Å²) in [6.45, 7) is 3.21. The van der Waals surface area contributed by atoms with Crippen molar-refractivity contribution in [2.45, 2.75) is 13.8 Å². The topological polar surface area (TPSA) is 111 Å². The lowest BCUT2D eigenvalue weighted by atomic mass is 10.0. The van der Waals surface area contributed by atoms with E-state index in [1.54, 1.807) is 13.8 Å². The lowest BCUT2D eigenvalue weighted by Gasteiger charge is -2.17. The van der Waals surface area contributed by atoms with Gasteiger partial charge in [0, 0.05) is 12.6 Å². The number of fused-ring (bicyclic) bond motifs is 2. The van der Waals surface area contributed by atoms with E-state index in [0.29, 0.717) is 23.2 Å². The molecule has 0 spiro atoms. The molecular formula is C19H17NO7. The van der Waals surface area contributed by atoms with Crippen molar-refractivity contribution < 1.29 is 33.7 Å². The first kappa shape index (κ1) is 18.2. The Morgan fingerprint density at radius 3 is 2.48 bits per heavy atom. The summed E-state index contributed by atoms with van der Waals surface area (Å²) >= 11 is 0. The van der Waals surface area contributed by atoms with Gasteiger partial charge in [-0.3, -0.25) is 9.59 Å². The number of phenolic OH excluding ortho intramolecular Hbond substituents is 1. The standard InChI is InChI=1S/C19H17NO7/c1-8-5-12(22)11(7-21)16-14(8)19(24)27-15-9(2)13(25-4)6-10(17(15)26-16)18(23)20-3/h5-7,22H,1-4H3,(H,20,23). The number of nitrogens with one attached hydrogen (secondary N) is 1. The maximum Gasteiger partial charge on any atom is 0.347 e. The van der Waals surface area contributed by atoms with Gasteiger partial charge in [0.15, 0.2) is 23.5 Å². The summed E-state index contributed by atoms with van der Waals surface area (Å²) in [6, 6.07) is 2.72. The molecule has 0 atom stereocenters. The quantitative estimate of drug-likeness (QED) is 0.484. The zero-order chi connectivity index (χ0) is 19.9. The van der Waals surface area contributed by atoms with E-state index < -0.39 is 11.9 Å². The smallest absolute Gasteiger partial charge is 0.347 e. The van der Waals surface area contributed by atoms with Gasteiger partial charge in [-0.05, 0) is 31.5 Å². The zero-order valence-electron chi connectivity index (χ0n) is 15.1. The van der Waals surface area contributed by atoms with Crippen molar-refractivity contribution in [2.75, 3.05) is 14.2 Å². The third kappa shape index (κ3) is 2.75. The lowest BCUT2D eigenvalue weighted by Crippen LogP contribution is -2.19. The monoisotopic (exact) mass is 371 g/mol. The van der Waals surface area contributed by atoms with Crippen molar-refractivity contribution in [3.63, 3.8) is 0 Å². The Balaban J connectivity index is 2.39. The number of amides is 1. The number of carbonyl (C=O) groups excluding carboxylic acids is 3. The number of ether oxygens (including phenoxy) is 3. The van der Waals surface area contributed by atoms with E-state index >= 15 is 0 Å². The van der Waals surface area contributed by atoms with Crippen molar-refractivity contribution in [3.8, 4) is 28.7 Å². The number of hydrogen-bond acceptors (Lipinski definition) is 7. The average molecular weight is 371 g/mol. The summed E-state index contributed by atoms with van der Waals surface area (Å²) in [6.07, 6.45) is 0.377. The SMILES string of the molecule is CNC(=O)c1cc(OC)c(C)c2c1Oc1c(C=O)c(O)cc(C)c1C(=O)O2. The second kappa shape index (κ2) is 6.64. The van der Waals surface area contributed by atoms with E-state index in [1.165, 1.54) is 26.3 Å². The minimum absolute atomic E-state index is 0.00453. The van der Waals surface area contributed by atoms with Gasteiger partial charge in [0.25, 0.3) is 5.91 Å². The molecule has 27 heavy (non-hydrogen) atoms. The summed E-state index contributed by atoms with van der Waals surface area (Å²) in [7, 11) is 2.85. The first-order valence-corrected chi connectivity index (χ1v) is 7.99. The number of aromatic hydroxyl groups is 1. The molecule has 0 aliphatic carbocycles. The molecule has 0 unspecified atom stereocenters. The van der Waals surface area contributed by atoms with Gasteiger partial charge in [-0.1, -0.05) is 0 Å². The van der Waals surface area contributed by atoms with Crippen molar-refractivity contribution in [3.05, 3.63) is 39.9 Å². The van der Waals surface area contributed by atoms with Crippen molar-refractivity contribution in [1.82, 2.24) is 5.32 Å². The van der Waals surface area contributed by atoms with Crippen LogP contribution in [0.1, 0.15) is 42.2 Å². The fourth-order valence-corrected chi connectivity index (χ4v) is 2.95. The normalized spacial score (nSPS) is 12.1. The van der Waals surface area contributed by atoms with Crippen LogP contribution in [-0.2, 0) is 0 Å². The summed E-state index contributed by atoms with van der Waals surface area (Å²) in [5.41, 5.74) is 0.630. The van der Waals surface area contributed by atoms with Crippen LogP contribution in [0.4, 0.5) is 0 Å². The number of esters is 1. The highest BCUT2D eigenvalue weighted by atomic mass is 16.6. The second-order valence-corrected chi connectivity index (χ2v) is 5.93. The number of aryl methyl sites for hydroxylation is 1. The van der Waals surface area contributed by atoms with Gasteiger partial charge in [-0.25, -0.2) is 4.79 Å². The summed E-state index contributed by atoms with van der Waals surface area (Å²) in [5.74, 6) is -1.51. The maximum atomic E-state index is 12.7. The first-order valence-electron chi connectivity index (χ1n) is 7.99. The highest BCUT2D eigenvalue weighted by molar-refractivity contribution is 6.04. The molecule has 1 heterocycles. The Bertz CT molecular complexity index is 995. The third-order valence-corrected chi connectivity index (χ3v) is 4.34. The van der Waals surface area contributed by atoms with Gasteiger partial charge in [0.2, 0.25) is 0 Å². The van der Waals surface area contributed by atoms with Crippen LogP contribution in [0.15, 0.2) is 12.1 Å². The van der Waals surface area contributed by atoms with Gasteiger partial charge in [0.05, 0.1) is 18.2 Å². The molecular weight excluding hydrogens is 354 g/mol. The Morgan fingerprint density at radius 2 is 1.89 bits per heavy atom. The maximum absolute atomic E-state index is 12.7. The minimum Gasteiger partial charge on any atom is -0.507 e. The number of carbonyl (C=O) groups is 3. The fraction of sp³-hybridized carbons (Fsp3) is 0.211. The largest absolute Gasteiger partial charge is 0.507 e. The summed E-state index contributed by atoms with van der Waals surface area (Å²) in [5, 5.41) is 12.5. The number of aldehydes is 1. The first-order chi connectivity index (χ1) is 12.8. The molecule has 0 saturated heterocycles. The van der Waals surface area contributed by atoms with E-state index in [4.69, 9.17) is 14.2 Å². The van der Waals surface area contributed by atoms with Gasteiger partial charge in [-0.15, -0.1) is 0 Å². The number of rotatable bonds is 3. The average Bonchev–Trinajstić information content (AvgIpc) is 2.79. The lowest BCUT2D eigenvalue weighted by molar-refractivity contribution is 0.0734. The zero-order valence-corrected chi connectivity index (χ0v) is 15.1. The van der Waals surface area contributed by atoms with E-state index in [-0.39, 0.29) is 39.7 Å². The molecule has 8 nitrogen and oxygen atoms in total. The van der Waals surface area contributed by atoms with Gasteiger partial charge in [0.1, 0.15) is 17.1 Å². The van der Waals surface area contributed by atoms with Crippen LogP contribution in [0.3, 0.4) is 0 Å². The number of methoxy groups -OCH3 is 1. The third-order valence-electron chi connectivity index (χ3n) is 4.34. The molecule has 1 amide bonds. The van der Waals surface area contributed by atoms with Crippen LogP contribution in [0.2, 0.25) is 0 Å². The number of benzene rings is 2. The molecule has 2 N–H and O–H groups in total. The fourth-order valence-electron chi connectivity index (χ4n) is 2.95. The van der Waals surface area contributed by atoms with Crippen LogP contribution < -0.4 is 19.5 Å². The van der Waals surface area contributed by atoms with Gasteiger partial charge < -0.3 is 24.6 Å². The number of hydrogen-bond donors (Lipinski definition) is 2. The highest BCUT2D eigenvalue weighted by Gasteiger charge is 2.33. The molecule has 140 valence electrons. The molecule has 2 aromatic rings. The number of phenols is 1. The van der Waals surface area contributed by atoms with Crippen molar-refractivity contribution >= 4 is 18.2 Å². The summed E-state index contributed by atoms with van der Waals surface area (Å²) in [4.78, 5) is 36.6. The van der Waals surface area contributed by atoms with E-state index in [0.717, 1.165) is 0 Å². The second-order valence-electron chi connectivity index (χ2n) is 5.93. The highest BCUT2D eigenvalue weighted by Crippen LogP contribution is 2.48. The Hall–Kier alpha value is -3.55. The van der Waals surface area contributed by atoms with Crippen LogP contribution >= 0.6 is 0 Å². The molecule has 0 radical (unpaired) electrons. The molecule has 2 aromatic carbocycles. The van der Waals surface area contributed by atoms with E-state index in [1.807, 2.05) is 0 Å². The molecule has 8 heteroatoms. The molecule has 1 aliphatic heterocycles. The van der Waals surface area contributed by atoms with Crippen LogP contribution in [-0.4, -0.2) is 37.4 Å². The Kier molecular flexibility index (Phi) is 4.49. The summed E-state index contributed by atoms with van der Waals surface area (Å²) < 4.78 is 16.6.